The number of nitrogen functional groups attached to an aromatic ring is 2. The molecule has 12 atom stereocenters. The molecule has 1 aromatic carbocycles. The first kappa shape index (κ1) is 60.4. The van der Waals surface area contributed by atoms with Gasteiger partial charge in [-0.15, -0.1) is 0 Å². The van der Waals surface area contributed by atoms with Crippen LogP contribution < -0.4 is 35.6 Å². The van der Waals surface area contributed by atoms with Crippen LogP contribution in [0.15, 0.2) is 43.0 Å². The first-order valence-corrected chi connectivity index (χ1v) is 29.4. The number of hydrogen-bond donors (Lipinski definition) is 9. The zero-order chi connectivity index (χ0) is 57.4. The van der Waals surface area contributed by atoms with Gasteiger partial charge in [-0.2, -0.15) is 25.0 Å². The number of nitrogens with zero attached hydrogens (tertiary/aromatic N) is 8. The second-order valence-electron chi connectivity index (χ2n) is 20.1. The number of esters is 2. The third kappa shape index (κ3) is 14.5. The summed E-state index contributed by atoms with van der Waals surface area (Å²) in [7, 11) is -8.74. The topological polar surface area (TPSA) is 416 Å². The van der Waals surface area contributed by atoms with Crippen LogP contribution >= 0.6 is 15.5 Å². The standard InChI is InChI=1S/C27H37N6O9P.C21H33N6O9P/c1-17-24(35)39-14-10-5-3-4-9-13-38-23-20-22(30-26(28)31-23)33(16-29-20)25-27(2,36)21(34)19(41-25)15-40-43(37,32-17)42-18-11-7-6-8-12-18;1-12-18(29)34-9-7-5-3-4-6-8-33-17-14-16(24-20(22)25-17)27(11-23-14)19-21(2,30)15(28)13(36-19)10-35-37(31,32)26-12/h6-8,11-12,16-17,19,21,25,34,36H,3-5,9-10,13-15H2,1-2H3,(H,32,37)(H2,28,30,31);11-13,15,19,28,30H,3-10H2,1-2H3,(H2,22,24,25)(H2,26,31,32)/t17-,19?,21+,25?,27+,43?;12-,13?,15+,19?,21+/m00/s1. The van der Waals surface area contributed by atoms with Crippen molar-refractivity contribution in [1.29, 1.82) is 0 Å². The molecule has 12 bridgehead atoms. The highest BCUT2D eigenvalue weighted by molar-refractivity contribution is 7.52. The maximum absolute atomic E-state index is 13.9. The lowest BCUT2D eigenvalue weighted by Crippen LogP contribution is -2.44. The van der Waals surface area contributed by atoms with E-state index in [0.29, 0.717) is 37.1 Å². The number of carbonyl (C=O) groups excluding carboxylic acids is 2. The molecule has 440 valence electrons. The number of para-hydroxylation sites is 1. The van der Waals surface area contributed by atoms with Gasteiger partial charge in [0.1, 0.15) is 53.5 Å². The van der Waals surface area contributed by atoms with Gasteiger partial charge in [-0.05, 0) is 65.5 Å². The van der Waals surface area contributed by atoms with Crippen LogP contribution in [0.3, 0.4) is 0 Å². The number of hydrogen-bond acceptors (Lipinski definition) is 25. The number of aliphatic hydroxyl groups excluding tert-OH is 2. The first-order chi connectivity index (χ1) is 38.1. The van der Waals surface area contributed by atoms with Crippen LogP contribution in [0, 0.1) is 0 Å². The molecule has 4 aromatic heterocycles. The van der Waals surface area contributed by atoms with Gasteiger partial charge in [0.15, 0.2) is 34.8 Å². The number of carbonyl (C=O) groups is 2. The molecule has 8 heterocycles. The number of anilines is 2. The summed E-state index contributed by atoms with van der Waals surface area (Å²) in [6.45, 7) is 5.65. The van der Waals surface area contributed by atoms with E-state index in [1.165, 1.54) is 49.5 Å². The molecule has 9 rings (SSSR count). The van der Waals surface area contributed by atoms with Crippen molar-refractivity contribution in [2.24, 2.45) is 0 Å². The van der Waals surface area contributed by atoms with Crippen molar-refractivity contribution in [3.63, 3.8) is 0 Å². The molecule has 0 amide bonds. The zero-order valence-electron chi connectivity index (χ0n) is 44.6. The minimum atomic E-state index is -4.50. The Kier molecular flexibility index (Phi) is 19.6. The van der Waals surface area contributed by atoms with Crippen molar-refractivity contribution in [2.45, 2.75) is 152 Å². The van der Waals surface area contributed by atoms with Crippen molar-refractivity contribution < 1.29 is 86.0 Å². The SMILES string of the molecule is C[C@@H]1NP(=O)(O)OCC2OC(n3cnc4c(nc(N)nc43)OCCCCCCCOC1=O)[C@](C)(O)[C@@H]2O.C[C@@H]1NP(=O)(Oc2ccccc2)OCC2OC(n3cnc4c(nc(N)nc43)OCCCCCCCOC1=O)[C@](C)(O)[C@@H]2O. The Morgan fingerprint density at radius 3 is 1.50 bits per heavy atom. The summed E-state index contributed by atoms with van der Waals surface area (Å²) in [5, 5.41) is 49.1. The molecule has 30 nitrogen and oxygen atoms in total. The van der Waals surface area contributed by atoms with Crippen LogP contribution in [0.4, 0.5) is 11.9 Å². The molecule has 6 unspecified atom stereocenters. The second-order valence-corrected chi connectivity index (χ2v) is 23.4. The third-order valence-corrected chi connectivity index (χ3v) is 16.4. The summed E-state index contributed by atoms with van der Waals surface area (Å²) >= 11 is 0. The summed E-state index contributed by atoms with van der Waals surface area (Å²) in [5.74, 6) is -0.877. The Labute approximate surface area is 459 Å². The number of nitrogens with two attached hydrogens (primary N) is 2. The number of imidazole rings is 2. The molecule has 2 fully saturated rings. The molecule has 0 radical (unpaired) electrons. The normalized spacial score (nSPS) is 33.1. The molecule has 4 aliphatic heterocycles. The number of aliphatic hydroxyl groups is 4. The van der Waals surface area contributed by atoms with Crippen molar-refractivity contribution in [2.75, 3.05) is 51.1 Å². The smallest absolute Gasteiger partial charge is 0.459 e. The number of cyclic esters (lactones) is 2. The molecular weight excluding hydrogens is 1090 g/mol. The van der Waals surface area contributed by atoms with E-state index in [9.17, 15) is 44.0 Å². The Hall–Kier alpha value is -5.72. The summed E-state index contributed by atoms with van der Waals surface area (Å²) in [4.78, 5) is 60.5. The summed E-state index contributed by atoms with van der Waals surface area (Å²) in [5.41, 5.74) is 9.17. The largest absolute Gasteiger partial charge is 0.476 e. The minimum Gasteiger partial charge on any atom is -0.476 e. The highest BCUT2D eigenvalue weighted by Gasteiger charge is 2.55. The highest BCUT2D eigenvalue weighted by Crippen LogP contribution is 2.48. The van der Waals surface area contributed by atoms with Crippen LogP contribution in [-0.2, 0) is 46.7 Å². The minimum absolute atomic E-state index is 0.0643. The van der Waals surface area contributed by atoms with Crippen LogP contribution in [-0.4, -0.2) is 164 Å². The Morgan fingerprint density at radius 1 is 0.625 bits per heavy atom. The molecule has 4 aliphatic rings. The molecule has 2 saturated heterocycles. The highest BCUT2D eigenvalue weighted by atomic mass is 31.2. The molecule has 0 spiro atoms. The van der Waals surface area contributed by atoms with E-state index in [1.54, 1.807) is 30.3 Å². The quantitative estimate of drug-likeness (QED) is 0.0906. The molecule has 0 aliphatic carbocycles. The number of fused-ring (bicyclic) bond motifs is 6. The lowest BCUT2D eigenvalue weighted by atomic mass is 9.96. The number of ether oxygens (including phenoxy) is 6. The van der Waals surface area contributed by atoms with Crippen molar-refractivity contribution >= 4 is 61.7 Å². The lowest BCUT2D eigenvalue weighted by Gasteiger charge is -2.27. The second kappa shape index (κ2) is 26.0. The monoisotopic (exact) mass is 1160 g/mol. The van der Waals surface area contributed by atoms with Gasteiger partial charge in [0, 0.05) is 0 Å². The number of nitrogens with one attached hydrogen (secondary N) is 2. The predicted octanol–water partition coefficient (Wildman–Crippen LogP) is 2.88. The van der Waals surface area contributed by atoms with Crippen molar-refractivity contribution in [3.05, 3.63) is 43.0 Å². The molecule has 11 N–H and O–H groups in total. The van der Waals surface area contributed by atoms with Gasteiger partial charge in [0.05, 0.1) is 52.3 Å². The average Bonchev–Trinajstić information content (AvgIpc) is 4.35. The first-order valence-electron chi connectivity index (χ1n) is 26.3. The van der Waals surface area contributed by atoms with E-state index < -0.39 is 101 Å². The van der Waals surface area contributed by atoms with E-state index in [0.717, 1.165) is 51.4 Å². The Morgan fingerprint density at radius 2 is 1.04 bits per heavy atom. The summed E-state index contributed by atoms with van der Waals surface area (Å²) in [6.07, 6.45) is 2.91. The van der Waals surface area contributed by atoms with E-state index in [1.807, 2.05) is 0 Å². The molecule has 5 aromatic rings. The van der Waals surface area contributed by atoms with Gasteiger partial charge in [0.2, 0.25) is 23.7 Å². The van der Waals surface area contributed by atoms with Gasteiger partial charge < -0.3 is 69.7 Å². The summed E-state index contributed by atoms with van der Waals surface area (Å²) in [6, 6.07) is 6.11. The number of benzene rings is 1. The van der Waals surface area contributed by atoms with Crippen molar-refractivity contribution in [3.8, 4) is 17.5 Å². The fourth-order valence-electron chi connectivity index (χ4n) is 9.20. The van der Waals surface area contributed by atoms with E-state index in [-0.39, 0.29) is 53.9 Å². The van der Waals surface area contributed by atoms with Gasteiger partial charge in [-0.3, -0.25) is 27.8 Å². The maximum Gasteiger partial charge on any atom is 0.459 e. The summed E-state index contributed by atoms with van der Waals surface area (Å²) < 4.78 is 79.8. The van der Waals surface area contributed by atoms with Crippen molar-refractivity contribution in [1.82, 2.24) is 49.2 Å². The van der Waals surface area contributed by atoms with Gasteiger partial charge in [-0.25, -0.2) is 24.2 Å². The maximum atomic E-state index is 13.9. The van der Waals surface area contributed by atoms with Gasteiger partial charge >= 0.3 is 27.4 Å². The number of aromatic nitrogens is 8. The predicted molar refractivity (Wildman–Crippen MR) is 281 cm³/mol. The average molecular weight is 1170 g/mol. The van der Waals surface area contributed by atoms with Crippen LogP contribution in [0.2, 0.25) is 0 Å². The van der Waals surface area contributed by atoms with E-state index in [2.05, 4.69) is 40.1 Å². The Balaban J connectivity index is 0.000000213. The van der Waals surface area contributed by atoms with Gasteiger partial charge in [0.25, 0.3) is 0 Å². The number of rotatable bonds is 2. The molecular formula is C48H70N12O18P2. The Bertz CT molecular complexity index is 3010. The fourth-order valence-corrected chi connectivity index (χ4v) is 11.7. The lowest BCUT2D eigenvalue weighted by molar-refractivity contribution is -0.146. The molecule has 0 saturated carbocycles. The van der Waals surface area contributed by atoms with Crippen LogP contribution in [0.1, 0.15) is 104 Å². The molecule has 80 heavy (non-hydrogen) atoms. The van der Waals surface area contributed by atoms with Crippen LogP contribution in [0.5, 0.6) is 17.5 Å². The van der Waals surface area contributed by atoms with E-state index >= 15 is 0 Å². The van der Waals surface area contributed by atoms with Crippen LogP contribution in [0.25, 0.3) is 22.3 Å². The fraction of sp³-hybridized carbons (Fsp3) is 0.625. The van der Waals surface area contributed by atoms with Gasteiger partial charge in [-0.1, -0.05) is 56.7 Å². The third-order valence-electron chi connectivity index (χ3n) is 13.6. The zero-order valence-corrected chi connectivity index (χ0v) is 46.4. The molecule has 32 heteroatoms. The van der Waals surface area contributed by atoms with E-state index in [4.69, 9.17) is 53.5 Å².